The van der Waals surface area contributed by atoms with Crippen LogP contribution in [-0.2, 0) is 12.3 Å². The minimum Gasteiger partial charge on any atom is -0.395 e. The zero-order chi connectivity index (χ0) is 17.9. The van der Waals surface area contributed by atoms with Gasteiger partial charge in [0.25, 0.3) is 0 Å². The quantitative estimate of drug-likeness (QED) is 0.514. The maximum Gasteiger partial charge on any atom is 0.196 e. The molecule has 0 aliphatic heterocycles. The molecule has 0 saturated carbocycles. The van der Waals surface area contributed by atoms with Gasteiger partial charge in [-0.05, 0) is 30.3 Å². The summed E-state index contributed by atoms with van der Waals surface area (Å²) in [4.78, 5) is 4.69. The van der Waals surface area contributed by atoms with Gasteiger partial charge in [-0.25, -0.2) is 4.98 Å². The van der Waals surface area contributed by atoms with Gasteiger partial charge in [0.05, 0.1) is 23.4 Å². The van der Waals surface area contributed by atoms with Crippen molar-refractivity contribution in [1.82, 2.24) is 24.3 Å². The summed E-state index contributed by atoms with van der Waals surface area (Å²) in [5.74, 6) is 1.47. The summed E-state index contributed by atoms with van der Waals surface area (Å²) < 4.78 is 3.94. The Kier molecular flexibility index (Phi) is 4.92. The maximum atomic E-state index is 9.42. The van der Waals surface area contributed by atoms with Crippen LogP contribution >= 0.6 is 23.4 Å². The van der Waals surface area contributed by atoms with Gasteiger partial charge in [0, 0.05) is 17.3 Å². The molecule has 2 aromatic heterocycles. The molecule has 0 amide bonds. The molecule has 4 rings (SSSR count). The number of benzene rings is 2. The van der Waals surface area contributed by atoms with E-state index in [4.69, 9.17) is 11.6 Å². The molecule has 2 aromatic carbocycles. The van der Waals surface area contributed by atoms with Crippen LogP contribution in [0.1, 0.15) is 5.82 Å². The Labute approximate surface area is 159 Å². The van der Waals surface area contributed by atoms with Crippen LogP contribution in [-0.4, -0.2) is 36.0 Å². The zero-order valence-electron chi connectivity index (χ0n) is 13.8. The standard InChI is InChI=1S/C18H16ClN5OS/c19-13-6-7-15-16(10-13)23(8-9-25)17(21-15)11-26-18-22-20-12-24(18)14-4-2-1-3-5-14/h1-7,10,12,25H,8-9,11H2. The number of thioether (sulfide) groups is 1. The number of halogens is 1. The first-order chi connectivity index (χ1) is 12.8. The Balaban J connectivity index is 1.63. The average Bonchev–Trinajstić information content (AvgIpc) is 3.26. The second-order valence-corrected chi connectivity index (χ2v) is 7.02. The summed E-state index contributed by atoms with van der Waals surface area (Å²) in [6.07, 6.45) is 1.70. The van der Waals surface area contributed by atoms with Crippen LogP contribution in [0.5, 0.6) is 0 Å². The third-order valence-electron chi connectivity index (χ3n) is 3.99. The minimum absolute atomic E-state index is 0.0375. The Morgan fingerprint density at radius 3 is 2.77 bits per heavy atom. The molecule has 0 radical (unpaired) electrons. The van der Waals surface area contributed by atoms with E-state index in [0.717, 1.165) is 27.7 Å². The minimum atomic E-state index is 0.0375. The van der Waals surface area contributed by atoms with E-state index >= 15 is 0 Å². The topological polar surface area (TPSA) is 68.8 Å². The third kappa shape index (κ3) is 3.33. The van der Waals surface area contributed by atoms with Crippen molar-refractivity contribution >= 4 is 34.4 Å². The number of aliphatic hydroxyl groups excluding tert-OH is 1. The monoisotopic (exact) mass is 385 g/mol. The van der Waals surface area contributed by atoms with E-state index in [9.17, 15) is 5.11 Å². The predicted octanol–water partition coefficient (Wildman–Crippen LogP) is 3.56. The van der Waals surface area contributed by atoms with Gasteiger partial charge in [0.2, 0.25) is 0 Å². The lowest BCUT2D eigenvalue weighted by atomic mass is 10.3. The van der Waals surface area contributed by atoms with E-state index in [1.165, 1.54) is 0 Å². The zero-order valence-corrected chi connectivity index (χ0v) is 15.4. The average molecular weight is 386 g/mol. The smallest absolute Gasteiger partial charge is 0.196 e. The summed E-state index contributed by atoms with van der Waals surface area (Å²) >= 11 is 7.67. The third-order valence-corrected chi connectivity index (χ3v) is 5.17. The lowest BCUT2D eigenvalue weighted by molar-refractivity contribution is 0.276. The number of aliphatic hydroxyl groups is 1. The second kappa shape index (κ2) is 7.49. The fourth-order valence-corrected chi connectivity index (χ4v) is 3.86. The highest BCUT2D eigenvalue weighted by molar-refractivity contribution is 7.98. The van der Waals surface area contributed by atoms with Crippen LogP contribution in [0.2, 0.25) is 5.02 Å². The molecule has 4 aromatic rings. The Bertz CT molecular complexity index is 1030. The van der Waals surface area contributed by atoms with Crippen molar-refractivity contribution in [2.24, 2.45) is 0 Å². The highest BCUT2D eigenvalue weighted by Gasteiger charge is 2.14. The van der Waals surface area contributed by atoms with Gasteiger partial charge in [-0.3, -0.25) is 4.57 Å². The number of rotatable bonds is 6. The normalized spacial score (nSPS) is 11.3. The molecule has 0 aliphatic rings. The van der Waals surface area contributed by atoms with Crippen molar-refractivity contribution in [2.75, 3.05) is 6.61 Å². The van der Waals surface area contributed by atoms with E-state index < -0.39 is 0 Å². The molecule has 0 saturated heterocycles. The largest absolute Gasteiger partial charge is 0.395 e. The van der Waals surface area contributed by atoms with Gasteiger partial charge in [-0.1, -0.05) is 41.6 Å². The molecule has 0 atom stereocenters. The highest BCUT2D eigenvalue weighted by atomic mass is 35.5. The number of para-hydroxylation sites is 1. The number of aromatic nitrogens is 5. The Hall–Kier alpha value is -2.35. The molecule has 2 heterocycles. The Morgan fingerprint density at radius 2 is 1.96 bits per heavy atom. The molecular weight excluding hydrogens is 370 g/mol. The summed E-state index contributed by atoms with van der Waals surface area (Å²) in [6.45, 7) is 0.508. The van der Waals surface area contributed by atoms with Gasteiger partial charge < -0.3 is 9.67 Å². The lowest BCUT2D eigenvalue weighted by Crippen LogP contribution is -2.06. The molecule has 6 nitrogen and oxygen atoms in total. The van der Waals surface area contributed by atoms with Gasteiger partial charge in [0.1, 0.15) is 12.2 Å². The number of hydrogen-bond donors (Lipinski definition) is 1. The number of nitrogens with zero attached hydrogens (tertiary/aromatic N) is 5. The fourth-order valence-electron chi connectivity index (χ4n) is 2.82. The lowest BCUT2D eigenvalue weighted by Gasteiger charge is -2.08. The molecule has 0 bridgehead atoms. The van der Waals surface area contributed by atoms with Crippen LogP contribution in [0.15, 0.2) is 60.0 Å². The Morgan fingerprint density at radius 1 is 1.12 bits per heavy atom. The maximum absolute atomic E-state index is 9.42. The van der Waals surface area contributed by atoms with Crippen molar-refractivity contribution in [3.63, 3.8) is 0 Å². The molecule has 0 unspecified atom stereocenters. The molecule has 0 spiro atoms. The molecule has 0 fully saturated rings. The first-order valence-electron chi connectivity index (χ1n) is 8.10. The van der Waals surface area contributed by atoms with Crippen molar-refractivity contribution in [3.8, 4) is 5.69 Å². The van der Waals surface area contributed by atoms with E-state index in [1.807, 2.05) is 57.7 Å². The van der Waals surface area contributed by atoms with Gasteiger partial charge in [0.15, 0.2) is 5.16 Å². The molecule has 8 heteroatoms. The second-order valence-electron chi connectivity index (χ2n) is 5.64. The molecule has 1 N–H and O–H groups in total. The van der Waals surface area contributed by atoms with Crippen molar-refractivity contribution in [1.29, 1.82) is 0 Å². The van der Waals surface area contributed by atoms with Crippen molar-refractivity contribution < 1.29 is 5.11 Å². The highest BCUT2D eigenvalue weighted by Crippen LogP contribution is 2.26. The van der Waals surface area contributed by atoms with Crippen molar-refractivity contribution in [3.05, 3.63) is 65.7 Å². The van der Waals surface area contributed by atoms with Crippen LogP contribution in [0, 0.1) is 0 Å². The SMILES string of the molecule is OCCn1c(CSc2nncn2-c2ccccc2)nc2ccc(Cl)cc21. The first-order valence-corrected chi connectivity index (χ1v) is 9.46. The molecule has 0 aliphatic carbocycles. The number of fused-ring (bicyclic) bond motifs is 1. The van der Waals surface area contributed by atoms with E-state index in [1.54, 1.807) is 18.1 Å². The van der Waals surface area contributed by atoms with E-state index in [-0.39, 0.29) is 6.61 Å². The first kappa shape index (κ1) is 17.1. The summed E-state index contributed by atoms with van der Waals surface area (Å²) in [5, 5.41) is 19.1. The summed E-state index contributed by atoms with van der Waals surface area (Å²) in [7, 11) is 0. The van der Waals surface area contributed by atoms with Gasteiger partial charge >= 0.3 is 0 Å². The number of imidazole rings is 1. The van der Waals surface area contributed by atoms with Gasteiger partial charge in [-0.2, -0.15) is 0 Å². The van der Waals surface area contributed by atoms with Gasteiger partial charge in [-0.15, -0.1) is 10.2 Å². The molecular formula is C18H16ClN5OS. The molecule has 26 heavy (non-hydrogen) atoms. The summed E-state index contributed by atoms with van der Waals surface area (Å²) in [5.41, 5.74) is 2.80. The van der Waals surface area contributed by atoms with E-state index in [0.29, 0.717) is 17.3 Å². The van der Waals surface area contributed by atoms with E-state index in [2.05, 4.69) is 15.2 Å². The molecule has 132 valence electrons. The van der Waals surface area contributed by atoms with Crippen LogP contribution in [0.3, 0.4) is 0 Å². The van der Waals surface area contributed by atoms with Crippen LogP contribution < -0.4 is 0 Å². The van der Waals surface area contributed by atoms with Crippen LogP contribution in [0.4, 0.5) is 0 Å². The predicted molar refractivity (Wildman–Crippen MR) is 103 cm³/mol. The van der Waals surface area contributed by atoms with Crippen LogP contribution in [0.25, 0.3) is 16.7 Å². The number of hydrogen-bond acceptors (Lipinski definition) is 5. The fraction of sp³-hybridized carbons (Fsp3) is 0.167. The van der Waals surface area contributed by atoms with Crippen molar-refractivity contribution in [2.45, 2.75) is 17.5 Å². The summed E-state index contributed by atoms with van der Waals surface area (Å²) in [6, 6.07) is 15.5.